The van der Waals surface area contributed by atoms with Crippen LogP contribution in [0.1, 0.15) is 44.1 Å². The number of fused-ring (bicyclic) bond motifs is 2. The summed E-state index contributed by atoms with van der Waals surface area (Å²) in [5, 5.41) is 9.53. The van der Waals surface area contributed by atoms with E-state index in [1.54, 1.807) is 0 Å². The van der Waals surface area contributed by atoms with Crippen LogP contribution in [-0.4, -0.2) is 24.9 Å². The van der Waals surface area contributed by atoms with E-state index < -0.39 is 0 Å². The van der Waals surface area contributed by atoms with E-state index in [1.165, 1.54) is 6.42 Å². The van der Waals surface area contributed by atoms with Crippen molar-refractivity contribution in [3.05, 3.63) is 23.8 Å². The highest BCUT2D eigenvalue weighted by Crippen LogP contribution is 2.44. The molecule has 0 radical (unpaired) electrons. The molecule has 3 aliphatic rings. The molecule has 1 saturated heterocycles. The van der Waals surface area contributed by atoms with E-state index in [-0.39, 0.29) is 17.2 Å². The van der Waals surface area contributed by atoms with Gasteiger partial charge in [-0.15, -0.1) is 0 Å². The van der Waals surface area contributed by atoms with Crippen molar-refractivity contribution < 1.29 is 9.59 Å². The summed E-state index contributed by atoms with van der Waals surface area (Å²) in [5.41, 5.74) is 2.60. The first-order valence-electron chi connectivity index (χ1n) is 9.12. The van der Waals surface area contributed by atoms with Crippen LogP contribution in [0, 0.1) is 11.3 Å². The number of benzene rings is 1. The maximum Gasteiger partial charge on any atom is 0.232 e. The van der Waals surface area contributed by atoms with Crippen molar-refractivity contribution in [1.29, 1.82) is 0 Å². The topological polar surface area (TPSA) is 70.2 Å². The highest BCUT2D eigenvalue weighted by Gasteiger charge is 2.49. The third kappa shape index (κ3) is 2.71. The van der Waals surface area contributed by atoms with Gasteiger partial charge in [0.1, 0.15) is 0 Å². The molecule has 24 heavy (non-hydrogen) atoms. The minimum atomic E-state index is -0.237. The van der Waals surface area contributed by atoms with Crippen LogP contribution in [0.3, 0.4) is 0 Å². The number of amides is 2. The Morgan fingerprint density at radius 2 is 2.12 bits per heavy atom. The number of carbonyl (C=O) groups excluding carboxylic acids is 2. The molecule has 2 amide bonds. The summed E-state index contributed by atoms with van der Waals surface area (Å²) in [7, 11) is 0. The fraction of sp³-hybridized carbons (Fsp3) is 0.579. The summed E-state index contributed by atoms with van der Waals surface area (Å²) in [6, 6.07) is 5.84. The molecular formula is C19H25N3O2. The Bertz CT molecular complexity index is 673. The summed E-state index contributed by atoms with van der Waals surface area (Å²) in [6.45, 7) is 1.76. The molecule has 0 spiro atoms. The number of hydrogen-bond donors (Lipinski definition) is 3. The largest absolute Gasteiger partial charge is 0.326 e. The fourth-order valence-corrected chi connectivity index (χ4v) is 4.60. The van der Waals surface area contributed by atoms with Gasteiger partial charge in [-0.25, -0.2) is 0 Å². The molecule has 0 bridgehead atoms. The predicted molar refractivity (Wildman–Crippen MR) is 93.9 cm³/mol. The Morgan fingerprint density at radius 1 is 1.21 bits per heavy atom. The first kappa shape index (κ1) is 15.6. The van der Waals surface area contributed by atoms with Gasteiger partial charge in [0.2, 0.25) is 11.8 Å². The minimum absolute atomic E-state index is 0.0755. The number of aryl methyl sites for hydroxylation is 1. The second-order valence-electron chi connectivity index (χ2n) is 7.46. The molecule has 1 aromatic rings. The zero-order valence-corrected chi connectivity index (χ0v) is 14.0. The molecular weight excluding hydrogens is 302 g/mol. The van der Waals surface area contributed by atoms with Gasteiger partial charge >= 0.3 is 0 Å². The van der Waals surface area contributed by atoms with Crippen LogP contribution in [0.15, 0.2) is 18.2 Å². The van der Waals surface area contributed by atoms with Crippen molar-refractivity contribution in [1.82, 2.24) is 5.32 Å². The quantitative estimate of drug-likeness (QED) is 0.782. The first-order chi connectivity index (χ1) is 11.7. The minimum Gasteiger partial charge on any atom is -0.326 e. The van der Waals surface area contributed by atoms with Crippen LogP contribution in [0.25, 0.3) is 0 Å². The molecule has 2 heterocycles. The molecule has 0 aromatic heterocycles. The highest BCUT2D eigenvalue weighted by molar-refractivity contribution is 5.97. The van der Waals surface area contributed by atoms with Crippen molar-refractivity contribution in [2.45, 2.75) is 44.9 Å². The van der Waals surface area contributed by atoms with E-state index in [0.29, 0.717) is 12.3 Å². The Morgan fingerprint density at radius 3 is 3.04 bits per heavy atom. The average Bonchev–Trinajstić information content (AvgIpc) is 2.93. The van der Waals surface area contributed by atoms with Gasteiger partial charge in [-0.05, 0) is 61.9 Å². The summed E-state index contributed by atoms with van der Waals surface area (Å²) in [6.07, 6.45) is 6.79. The molecule has 0 unspecified atom stereocenters. The van der Waals surface area contributed by atoms with Gasteiger partial charge < -0.3 is 16.0 Å². The van der Waals surface area contributed by atoms with E-state index in [2.05, 4.69) is 16.0 Å². The zero-order chi connectivity index (χ0) is 16.6. The van der Waals surface area contributed by atoms with Crippen LogP contribution < -0.4 is 16.0 Å². The van der Waals surface area contributed by atoms with Gasteiger partial charge in [-0.3, -0.25) is 9.59 Å². The summed E-state index contributed by atoms with van der Waals surface area (Å²) < 4.78 is 0. The molecule has 3 N–H and O–H groups in total. The molecule has 2 fully saturated rings. The van der Waals surface area contributed by atoms with Crippen molar-refractivity contribution in [3.8, 4) is 0 Å². The smallest absolute Gasteiger partial charge is 0.232 e. The molecule has 5 nitrogen and oxygen atoms in total. The van der Waals surface area contributed by atoms with Crippen LogP contribution in [-0.2, 0) is 16.0 Å². The van der Waals surface area contributed by atoms with Crippen LogP contribution >= 0.6 is 0 Å². The second kappa shape index (κ2) is 6.20. The number of nitrogens with one attached hydrogen (secondary N) is 3. The molecule has 1 aromatic carbocycles. The van der Waals surface area contributed by atoms with Gasteiger partial charge in [-0.2, -0.15) is 0 Å². The van der Waals surface area contributed by atoms with Gasteiger partial charge in [0.25, 0.3) is 0 Å². The number of rotatable bonds is 2. The Balaban J connectivity index is 1.54. The second-order valence-corrected chi connectivity index (χ2v) is 7.46. The van der Waals surface area contributed by atoms with Gasteiger partial charge in [0, 0.05) is 24.3 Å². The van der Waals surface area contributed by atoms with Crippen LogP contribution in [0.4, 0.5) is 11.4 Å². The van der Waals surface area contributed by atoms with Crippen molar-refractivity contribution in [2.24, 2.45) is 11.3 Å². The van der Waals surface area contributed by atoms with E-state index in [9.17, 15) is 9.59 Å². The standard InChI is InChI=1S/C19H25N3O2/c23-17-6-3-4-13-10-15(7-8-16(13)22-17)21-18(24)19-9-2-1-5-14(19)11-20-12-19/h7-8,10,14,20H,1-6,9,11-12H2,(H,21,24)(H,22,23)/t14-,19+/m0/s1. The summed E-state index contributed by atoms with van der Waals surface area (Å²) in [4.78, 5) is 24.7. The Hall–Kier alpha value is -1.88. The predicted octanol–water partition coefficient (Wildman–Crippen LogP) is 2.68. The van der Waals surface area contributed by atoms with E-state index in [1.807, 2.05) is 18.2 Å². The van der Waals surface area contributed by atoms with Gasteiger partial charge in [0.05, 0.1) is 5.41 Å². The third-order valence-electron chi connectivity index (χ3n) is 5.98. The first-order valence-corrected chi connectivity index (χ1v) is 9.12. The van der Waals surface area contributed by atoms with E-state index in [4.69, 9.17) is 0 Å². The molecule has 128 valence electrons. The lowest BCUT2D eigenvalue weighted by Gasteiger charge is -2.37. The van der Waals surface area contributed by atoms with E-state index in [0.717, 1.165) is 62.1 Å². The van der Waals surface area contributed by atoms with Gasteiger partial charge in [-0.1, -0.05) is 12.8 Å². The fourth-order valence-electron chi connectivity index (χ4n) is 4.60. The van der Waals surface area contributed by atoms with E-state index >= 15 is 0 Å². The Kier molecular flexibility index (Phi) is 4.04. The molecule has 1 aliphatic carbocycles. The normalized spacial score (nSPS) is 29.2. The Labute approximate surface area is 142 Å². The van der Waals surface area contributed by atoms with Crippen LogP contribution in [0.2, 0.25) is 0 Å². The lowest BCUT2D eigenvalue weighted by molar-refractivity contribution is -0.128. The molecule has 2 aliphatic heterocycles. The van der Waals surface area contributed by atoms with Crippen molar-refractivity contribution in [3.63, 3.8) is 0 Å². The number of anilines is 2. The molecule has 5 heteroatoms. The lowest BCUT2D eigenvalue weighted by atomic mass is 9.67. The highest BCUT2D eigenvalue weighted by atomic mass is 16.2. The van der Waals surface area contributed by atoms with Gasteiger partial charge in [0.15, 0.2) is 0 Å². The SMILES string of the molecule is O=C1CCCc2cc(NC(=O)[C@@]34CCCC[C@H]3CNC4)ccc2N1. The zero-order valence-electron chi connectivity index (χ0n) is 14.0. The third-order valence-corrected chi connectivity index (χ3v) is 5.98. The number of carbonyl (C=O) groups is 2. The summed E-state index contributed by atoms with van der Waals surface area (Å²) in [5.74, 6) is 0.702. The number of hydrogen-bond acceptors (Lipinski definition) is 3. The summed E-state index contributed by atoms with van der Waals surface area (Å²) >= 11 is 0. The van der Waals surface area contributed by atoms with Crippen LogP contribution in [0.5, 0.6) is 0 Å². The van der Waals surface area contributed by atoms with Crippen molar-refractivity contribution in [2.75, 3.05) is 23.7 Å². The monoisotopic (exact) mass is 327 g/mol. The molecule has 1 saturated carbocycles. The average molecular weight is 327 g/mol. The molecule has 2 atom stereocenters. The maximum absolute atomic E-state index is 13.0. The van der Waals surface area contributed by atoms with Crippen molar-refractivity contribution >= 4 is 23.2 Å². The maximum atomic E-state index is 13.0. The molecule has 4 rings (SSSR count). The lowest BCUT2D eigenvalue weighted by Crippen LogP contribution is -2.44.